The summed E-state index contributed by atoms with van der Waals surface area (Å²) in [5.41, 5.74) is 1.56. The highest BCUT2D eigenvalue weighted by Gasteiger charge is 2.34. The first-order chi connectivity index (χ1) is 13.0. The molecule has 3 rings (SSSR count). The average molecular weight is 439 g/mol. The van der Waals surface area contributed by atoms with Crippen LogP contribution in [0.1, 0.15) is 51.1 Å². The van der Waals surface area contributed by atoms with Crippen LogP contribution in [-0.2, 0) is 9.53 Å². The summed E-state index contributed by atoms with van der Waals surface area (Å²) in [6, 6.07) is 2.52. The molecule has 1 aromatic carbocycles. The van der Waals surface area contributed by atoms with Gasteiger partial charge in [-0.25, -0.2) is 9.59 Å². The first-order valence-corrected chi connectivity index (χ1v) is 9.85. The van der Waals surface area contributed by atoms with Crippen molar-refractivity contribution in [3.8, 4) is 11.5 Å². The van der Waals surface area contributed by atoms with Crippen molar-refractivity contribution in [2.24, 2.45) is 0 Å². The van der Waals surface area contributed by atoms with E-state index in [2.05, 4.69) is 33.5 Å². The molecule has 2 aliphatic heterocycles. The Bertz CT molecular complexity index is 778. The number of nitrogens with one attached hydrogen (secondary N) is 2. The normalized spacial score (nSPS) is 18.2. The van der Waals surface area contributed by atoms with Crippen LogP contribution in [0.15, 0.2) is 27.9 Å². The number of hydrogen-bond acceptors (Lipinski definition) is 5. The van der Waals surface area contributed by atoms with Crippen LogP contribution in [-0.4, -0.2) is 25.4 Å². The molecule has 1 aromatic rings. The van der Waals surface area contributed by atoms with Gasteiger partial charge in [-0.05, 0) is 31.0 Å². The molecule has 0 unspecified atom stereocenters. The van der Waals surface area contributed by atoms with Gasteiger partial charge in [0, 0.05) is 10.2 Å². The third-order valence-electron chi connectivity index (χ3n) is 4.52. The van der Waals surface area contributed by atoms with E-state index in [0.29, 0.717) is 39.4 Å². The monoisotopic (exact) mass is 438 g/mol. The molecule has 2 N–H and O–H groups in total. The predicted molar refractivity (Wildman–Crippen MR) is 102 cm³/mol. The minimum Gasteiger partial charge on any atom is -0.462 e. The number of carbonyl (C=O) groups is 2. The molecule has 0 aromatic heterocycles. The van der Waals surface area contributed by atoms with E-state index in [0.717, 1.165) is 25.7 Å². The maximum absolute atomic E-state index is 12.7. The van der Waals surface area contributed by atoms with Gasteiger partial charge in [0.15, 0.2) is 11.5 Å². The van der Waals surface area contributed by atoms with Gasteiger partial charge in [0.1, 0.15) is 0 Å². The van der Waals surface area contributed by atoms with Gasteiger partial charge in [0.2, 0.25) is 6.79 Å². The van der Waals surface area contributed by atoms with Crippen molar-refractivity contribution in [3.63, 3.8) is 0 Å². The van der Waals surface area contributed by atoms with E-state index >= 15 is 0 Å². The second kappa shape index (κ2) is 8.65. The molecule has 0 bridgehead atoms. The molecule has 146 valence electrons. The molecule has 0 saturated heterocycles. The third-order valence-corrected chi connectivity index (χ3v) is 5.21. The van der Waals surface area contributed by atoms with Crippen LogP contribution in [0.3, 0.4) is 0 Å². The summed E-state index contributed by atoms with van der Waals surface area (Å²) in [7, 11) is 0. The summed E-state index contributed by atoms with van der Waals surface area (Å²) in [5, 5.41) is 5.45. The van der Waals surface area contributed by atoms with Crippen molar-refractivity contribution in [3.05, 3.63) is 33.4 Å². The molecule has 7 nitrogen and oxygen atoms in total. The standard InChI is InChI=1S/C19H23BrN2O5/c1-3-4-5-6-7-25-18(23)16-11(2)21-19(24)22-17(16)12-8-14-15(9-13(12)20)27-10-26-14/h8-9,17H,3-7,10H2,1-2H3,(H2,21,22,24)/t17-/m0/s1. The predicted octanol–water partition coefficient (Wildman–Crippen LogP) is 3.93. The van der Waals surface area contributed by atoms with Crippen molar-refractivity contribution in [2.75, 3.05) is 13.4 Å². The Balaban J connectivity index is 1.83. The first kappa shape index (κ1) is 19.5. The van der Waals surface area contributed by atoms with Crippen LogP contribution >= 0.6 is 15.9 Å². The number of amides is 2. The van der Waals surface area contributed by atoms with Crippen molar-refractivity contribution in [1.29, 1.82) is 0 Å². The second-order valence-electron chi connectivity index (χ2n) is 6.49. The SMILES string of the molecule is CCCCCCOC(=O)C1=C(C)NC(=O)N[C@H]1c1cc2c(cc1Br)OCO2. The molecular formula is C19H23BrN2O5. The number of benzene rings is 1. The Morgan fingerprint density at radius 3 is 2.74 bits per heavy atom. The van der Waals surface area contributed by atoms with E-state index in [-0.39, 0.29) is 12.8 Å². The summed E-state index contributed by atoms with van der Waals surface area (Å²) in [4.78, 5) is 24.8. The summed E-state index contributed by atoms with van der Waals surface area (Å²) < 4.78 is 17.0. The van der Waals surface area contributed by atoms with Crippen molar-refractivity contribution in [2.45, 2.75) is 45.6 Å². The summed E-state index contributed by atoms with van der Waals surface area (Å²) in [6.45, 7) is 4.33. The zero-order valence-electron chi connectivity index (χ0n) is 15.4. The summed E-state index contributed by atoms with van der Waals surface area (Å²) >= 11 is 3.50. The minimum absolute atomic E-state index is 0.144. The first-order valence-electron chi connectivity index (χ1n) is 9.05. The Morgan fingerprint density at radius 2 is 2.00 bits per heavy atom. The lowest BCUT2D eigenvalue weighted by atomic mass is 9.95. The number of hydrogen-bond donors (Lipinski definition) is 2. The fourth-order valence-electron chi connectivity index (χ4n) is 3.12. The van der Waals surface area contributed by atoms with Gasteiger partial charge in [0.25, 0.3) is 0 Å². The molecule has 2 heterocycles. The quantitative estimate of drug-likeness (QED) is 0.497. The van der Waals surface area contributed by atoms with E-state index < -0.39 is 12.0 Å². The lowest BCUT2D eigenvalue weighted by Gasteiger charge is -2.29. The molecule has 0 aliphatic carbocycles. The van der Waals surface area contributed by atoms with E-state index in [1.165, 1.54) is 0 Å². The number of ether oxygens (including phenoxy) is 3. The number of esters is 1. The molecule has 1 atom stereocenters. The highest BCUT2D eigenvalue weighted by Crippen LogP contribution is 2.41. The number of carbonyl (C=O) groups excluding carboxylic acids is 2. The number of fused-ring (bicyclic) bond motifs is 1. The highest BCUT2D eigenvalue weighted by molar-refractivity contribution is 9.10. The van der Waals surface area contributed by atoms with Crippen LogP contribution in [0, 0.1) is 0 Å². The molecule has 0 fully saturated rings. The van der Waals surface area contributed by atoms with E-state index in [1.807, 2.05) is 0 Å². The zero-order valence-corrected chi connectivity index (χ0v) is 17.0. The fourth-order valence-corrected chi connectivity index (χ4v) is 3.67. The van der Waals surface area contributed by atoms with E-state index in [9.17, 15) is 9.59 Å². The zero-order chi connectivity index (χ0) is 19.4. The Hall–Kier alpha value is -2.22. The van der Waals surface area contributed by atoms with Gasteiger partial charge in [-0.1, -0.05) is 42.1 Å². The van der Waals surface area contributed by atoms with Crippen molar-refractivity contribution in [1.82, 2.24) is 10.6 Å². The van der Waals surface area contributed by atoms with Crippen LogP contribution in [0.25, 0.3) is 0 Å². The topological polar surface area (TPSA) is 85.9 Å². The highest BCUT2D eigenvalue weighted by atomic mass is 79.9. The number of allylic oxidation sites excluding steroid dienone is 1. The average Bonchev–Trinajstić information content (AvgIpc) is 3.07. The van der Waals surface area contributed by atoms with Crippen LogP contribution < -0.4 is 20.1 Å². The molecule has 0 radical (unpaired) electrons. The fraction of sp³-hybridized carbons (Fsp3) is 0.474. The molecule has 2 amide bonds. The molecule has 27 heavy (non-hydrogen) atoms. The lowest BCUT2D eigenvalue weighted by Crippen LogP contribution is -2.45. The van der Waals surface area contributed by atoms with Crippen LogP contribution in [0.2, 0.25) is 0 Å². The summed E-state index contributed by atoms with van der Waals surface area (Å²) in [6.07, 6.45) is 4.08. The van der Waals surface area contributed by atoms with Crippen molar-refractivity contribution >= 4 is 27.9 Å². The molecule has 0 saturated carbocycles. The van der Waals surface area contributed by atoms with Gasteiger partial charge in [-0.3, -0.25) is 0 Å². The molecular weight excluding hydrogens is 416 g/mol. The maximum atomic E-state index is 12.7. The lowest BCUT2D eigenvalue weighted by molar-refractivity contribution is -0.139. The van der Waals surface area contributed by atoms with Crippen molar-refractivity contribution < 1.29 is 23.8 Å². The van der Waals surface area contributed by atoms with E-state index in [4.69, 9.17) is 14.2 Å². The number of urea groups is 1. The largest absolute Gasteiger partial charge is 0.462 e. The van der Waals surface area contributed by atoms with E-state index in [1.54, 1.807) is 19.1 Å². The second-order valence-corrected chi connectivity index (χ2v) is 7.35. The smallest absolute Gasteiger partial charge is 0.338 e. The number of halogens is 1. The Morgan fingerprint density at radius 1 is 1.26 bits per heavy atom. The maximum Gasteiger partial charge on any atom is 0.338 e. The van der Waals surface area contributed by atoms with Gasteiger partial charge in [-0.15, -0.1) is 0 Å². The molecule has 0 spiro atoms. The molecule has 8 heteroatoms. The Kier molecular flexibility index (Phi) is 6.26. The van der Waals surface area contributed by atoms with Gasteiger partial charge < -0.3 is 24.8 Å². The van der Waals surface area contributed by atoms with Gasteiger partial charge >= 0.3 is 12.0 Å². The van der Waals surface area contributed by atoms with Gasteiger partial charge in [-0.2, -0.15) is 0 Å². The molecule has 2 aliphatic rings. The Labute approximate surface area is 166 Å². The van der Waals surface area contributed by atoms with Crippen LogP contribution in [0.4, 0.5) is 4.79 Å². The number of rotatable bonds is 7. The van der Waals surface area contributed by atoms with Gasteiger partial charge in [0.05, 0.1) is 18.2 Å². The number of unbranched alkanes of at least 4 members (excludes halogenated alkanes) is 3. The summed E-state index contributed by atoms with van der Waals surface area (Å²) in [5.74, 6) is 0.753. The minimum atomic E-state index is -0.647. The third kappa shape index (κ3) is 4.37. The van der Waals surface area contributed by atoms with Crippen LogP contribution in [0.5, 0.6) is 11.5 Å².